The zero-order valence-corrected chi connectivity index (χ0v) is 12.0. The van der Waals surface area contributed by atoms with Gasteiger partial charge >= 0.3 is 0 Å². The van der Waals surface area contributed by atoms with Crippen LogP contribution in [0.1, 0.15) is 18.4 Å². The van der Waals surface area contributed by atoms with E-state index in [-0.39, 0.29) is 11.9 Å². The van der Waals surface area contributed by atoms with Crippen molar-refractivity contribution in [1.82, 2.24) is 10.6 Å². The van der Waals surface area contributed by atoms with Crippen LogP contribution in [0.25, 0.3) is 0 Å². The number of benzene rings is 1. The summed E-state index contributed by atoms with van der Waals surface area (Å²) >= 11 is 0. The molecule has 0 saturated carbocycles. The molecule has 1 aliphatic rings. The van der Waals surface area contributed by atoms with E-state index in [1.165, 1.54) is 5.56 Å². The Morgan fingerprint density at radius 3 is 2.90 bits per heavy atom. The number of aliphatic imine (C=N–C) groups is 1. The van der Waals surface area contributed by atoms with Crippen molar-refractivity contribution < 1.29 is 9.53 Å². The van der Waals surface area contributed by atoms with Crippen LogP contribution >= 0.6 is 0 Å². The van der Waals surface area contributed by atoms with Crippen molar-refractivity contribution in [3.63, 3.8) is 0 Å². The van der Waals surface area contributed by atoms with Gasteiger partial charge in [0.05, 0.1) is 13.2 Å². The topological polar surface area (TPSA) is 88.7 Å². The third-order valence-corrected chi connectivity index (χ3v) is 3.21. The van der Waals surface area contributed by atoms with Gasteiger partial charge in [0.2, 0.25) is 5.91 Å². The Hall–Kier alpha value is -2.08. The van der Waals surface area contributed by atoms with Crippen molar-refractivity contribution in [2.24, 2.45) is 10.7 Å². The molecule has 1 amide bonds. The van der Waals surface area contributed by atoms with E-state index < -0.39 is 0 Å². The Morgan fingerprint density at radius 1 is 1.38 bits per heavy atom. The number of guanidine groups is 1. The lowest BCUT2D eigenvalue weighted by atomic mass is 10.2. The lowest BCUT2D eigenvalue weighted by Crippen LogP contribution is -2.45. The summed E-state index contributed by atoms with van der Waals surface area (Å²) < 4.78 is 5.61. The number of nitrogens with one attached hydrogen (secondary N) is 2. The standard InChI is InChI=1S/C15H22N4O2/c16-14(20)13-10-18-15(19-13)17-8-4-5-9-21-11-12-6-2-1-3-7-12/h1-3,6-7,13H,4-5,8-11H2,(H2,16,20)(H2,17,18,19). The second-order valence-corrected chi connectivity index (χ2v) is 4.96. The summed E-state index contributed by atoms with van der Waals surface area (Å²) in [7, 11) is 0. The fourth-order valence-corrected chi connectivity index (χ4v) is 2.01. The number of hydrogen-bond acceptors (Lipinski definition) is 5. The highest BCUT2D eigenvalue weighted by Crippen LogP contribution is 2.01. The molecule has 0 aromatic heterocycles. The van der Waals surface area contributed by atoms with E-state index in [0.717, 1.165) is 26.0 Å². The molecule has 1 atom stereocenters. The predicted octanol–water partition coefficient (Wildman–Crippen LogP) is 0.386. The molecule has 1 aromatic carbocycles. The molecule has 1 unspecified atom stereocenters. The van der Waals surface area contributed by atoms with Crippen molar-refractivity contribution in [3.05, 3.63) is 35.9 Å². The molecule has 1 aromatic rings. The minimum atomic E-state index is -0.373. The number of unbranched alkanes of at least 4 members (excludes halogenated alkanes) is 1. The maximum atomic E-state index is 11.0. The normalized spacial score (nSPS) is 17.1. The van der Waals surface area contributed by atoms with Crippen molar-refractivity contribution in [2.45, 2.75) is 25.5 Å². The second-order valence-electron chi connectivity index (χ2n) is 4.96. The van der Waals surface area contributed by atoms with Gasteiger partial charge in [-0.05, 0) is 18.4 Å². The lowest BCUT2D eigenvalue weighted by molar-refractivity contribution is -0.119. The maximum absolute atomic E-state index is 11.0. The molecule has 4 N–H and O–H groups in total. The van der Waals surface area contributed by atoms with E-state index in [1.54, 1.807) is 0 Å². The Labute approximate surface area is 124 Å². The molecule has 114 valence electrons. The van der Waals surface area contributed by atoms with Gasteiger partial charge in [0, 0.05) is 13.2 Å². The van der Waals surface area contributed by atoms with Gasteiger partial charge in [-0.15, -0.1) is 0 Å². The number of amides is 1. The highest BCUT2D eigenvalue weighted by Gasteiger charge is 2.21. The van der Waals surface area contributed by atoms with Crippen molar-refractivity contribution in [2.75, 3.05) is 19.7 Å². The first-order valence-corrected chi connectivity index (χ1v) is 7.21. The van der Waals surface area contributed by atoms with Gasteiger partial charge in [-0.1, -0.05) is 30.3 Å². The number of ether oxygens (including phenoxy) is 1. The summed E-state index contributed by atoms with van der Waals surface area (Å²) in [6.07, 6.45) is 1.96. The van der Waals surface area contributed by atoms with Crippen LogP contribution in [0.4, 0.5) is 0 Å². The minimum Gasteiger partial charge on any atom is -0.377 e. The van der Waals surface area contributed by atoms with E-state index in [2.05, 4.69) is 27.8 Å². The van der Waals surface area contributed by atoms with E-state index >= 15 is 0 Å². The summed E-state index contributed by atoms with van der Waals surface area (Å²) in [6.45, 7) is 2.60. The molecule has 0 spiro atoms. The molecular formula is C15H22N4O2. The molecule has 0 fully saturated rings. The van der Waals surface area contributed by atoms with Crippen molar-refractivity contribution in [1.29, 1.82) is 0 Å². The first-order valence-electron chi connectivity index (χ1n) is 7.21. The average Bonchev–Trinajstić information content (AvgIpc) is 2.96. The van der Waals surface area contributed by atoms with E-state index in [9.17, 15) is 4.79 Å². The number of nitrogens with zero attached hydrogens (tertiary/aromatic N) is 1. The minimum absolute atomic E-state index is 0.370. The third-order valence-electron chi connectivity index (χ3n) is 3.21. The van der Waals surface area contributed by atoms with Crippen molar-refractivity contribution in [3.8, 4) is 0 Å². The molecule has 0 saturated heterocycles. The van der Waals surface area contributed by atoms with Gasteiger partial charge in [0.15, 0.2) is 5.96 Å². The molecule has 6 heteroatoms. The number of nitrogens with two attached hydrogens (primary N) is 1. The number of carbonyl (C=O) groups is 1. The lowest BCUT2D eigenvalue weighted by Gasteiger charge is -2.09. The van der Waals surface area contributed by atoms with Crippen LogP contribution < -0.4 is 16.4 Å². The van der Waals surface area contributed by atoms with Crippen LogP contribution in [0.2, 0.25) is 0 Å². The molecule has 21 heavy (non-hydrogen) atoms. The van der Waals surface area contributed by atoms with E-state index in [0.29, 0.717) is 19.1 Å². The average molecular weight is 290 g/mol. The monoisotopic (exact) mass is 290 g/mol. The maximum Gasteiger partial charge on any atom is 0.241 e. The Morgan fingerprint density at radius 2 is 2.19 bits per heavy atom. The third kappa shape index (κ3) is 5.43. The van der Waals surface area contributed by atoms with Gasteiger partial charge in [-0.2, -0.15) is 0 Å². The van der Waals surface area contributed by atoms with Crippen LogP contribution in [0.15, 0.2) is 35.3 Å². The molecule has 2 rings (SSSR count). The zero-order valence-electron chi connectivity index (χ0n) is 12.0. The van der Waals surface area contributed by atoms with Gasteiger partial charge in [0.25, 0.3) is 0 Å². The number of primary amides is 1. The van der Waals surface area contributed by atoms with Gasteiger partial charge < -0.3 is 21.1 Å². The summed E-state index contributed by atoms with van der Waals surface area (Å²) in [5.74, 6) is 0.286. The second kappa shape index (κ2) is 8.26. The fraction of sp³-hybridized carbons (Fsp3) is 0.467. The molecule has 6 nitrogen and oxygen atoms in total. The Kier molecular flexibility index (Phi) is 6.02. The van der Waals surface area contributed by atoms with Gasteiger partial charge in [-0.3, -0.25) is 9.79 Å². The zero-order chi connectivity index (χ0) is 14.9. The molecular weight excluding hydrogens is 268 g/mol. The largest absolute Gasteiger partial charge is 0.377 e. The molecule has 0 aliphatic carbocycles. The fourth-order valence-electron chi connectivity index (χ4n) is 2.01. The number of hydrogen-bond donors (Lipinski definition) is 3. The number of rotatable bonds is 8. The molecule has 0 bridgehead atoms. The summed E-state index contributed by atoms with van der Waals surface area (Å²) in [4.78, 5) is 15.1. The number of carbonyl (C=O) groups excluding carboxylic acids is 1. The predicted molar refractivity (Wildman–Crippen MR) is 81.8 cm³/mol. The molecule has 1 aliphatic heterocycles. The highest BCUT2D eigenvalue weighted by atomic mass is 16.5. The summed E-state index contributed by atoms with van der Waals surface area (Å²) in [6, 6.07) is 9.76. The van der Waals surface area contributed by atoms with Crippen LogP contribution in [0, 0.1) is 0 Å². The van der Waals surface area contributed by atoms with Crippen LogP contribution in [-0.4, -0.2) is 37.6 Å². The smallest absolute Gasteiger partial charge is 0.241 e. The quantitative estimate of drug-likeness (QED) is 0.604. The van der Waals surface area contributed by atoms with Gasteiger partial charge in [0.1, 0.15) is 6.04 Å². The Bertz CT molecular complexity index is 476. The van der Waals surface area contributed by atoms with Crippen LogP contribution in [0.5, 0.6) is 0 Å². The van der Waals surface area contributed by atoms with Crippen LogP contribution in [0.3, 0.4) is 0 Å². The molecule has 1 heterocycles. The summed E-state index contributed by atoms with van der Waals surface area (Å²) in [5, 5.41) is 6.10. The SMILES string of the molecule is NC(=O)C1CN=C(NCCCCOCc2ccccc2)N1. The molecule has 0 radical (unpaired) electrons. The van der Waals surface area contributed by atoms with Crippen LogP contribution in [-0.2, 0) is 16.1 Å². The van der Waals surface area contributed by atoms with Gasteiger partial charge in [-0.25, -0.2) is 0 Å². The van der Waals surface area contributed by atoms with E-state index in [1.807, 2.05) is 18.2 Å². The summed E-state index contributed by atoms with van der Waals surface area (Å²) in [5.41, 5.74) is 6.39. The first-order chi connectivity index (χ1) is 10.3. The first kappa shape index (κ1) is 15.3. The van der Waals surface area contributed by atoms with E-state index in [4.69, 9.17) is 10.5 Å². The highest BCUT2D eigenvalue weighted by molar-refractivity contribution is 5.90. The van der Waals surface area contributed by atoms with Crippen molar-refractivity contribution >= 4 is 11.9 Å². The Balaban J connectivity index is 1.47.